The molecule has 1 saturated heterocycles. The second kappa shape index (κ2) is 10.3. The van der Waals surface area contributed by atoms with Crippen LogP contribution in [0.5, 0.6) is 5.75 Å². The fourth-order valence-electron chi connectivity index (χ4n) is 4.34. The maximum Gasteiger partial charge on any atom is 0.320 e. The molecule has 0 radical (unpaired) electrons. The van der Waals surface area contributed by atoms with Crippen molar-refractivity contribution in [2.24, 2.45) is 5.73 Å². The second-order valence-corrected chi connectivity index (χ2v) is 10.2. The van der Waals surface area contributed by atoms with Crippen molar-refractivity contribution in [2.45, 2.75) is 55.5 Å². The van der Waals surface area contributed by atoms with E-state index in [1.807, 2.05) is 0 Å². The Morgan fingerprint density at radius 2 is 1.91 bits per heavy atom. The minimum atomic E-state index is -4.19. The van der Waals surface area contributed by atoms with E-state index in [1.165, 1.54) is 18.3 Å². The van der Waals surface area contributed by atoms with Crippen LogP contribution < -0.4 is 25.9 Å². The molecule has 1 amide bonds. The van der Waals surface area contributed by atoms with E-state index in [0.717, 1.165) is 25.7 Å². The van der Waals surface area contributed by atoms with Gasteiger partial charge in [0.1, 0.15) is 17.9 Å². The van der Waals surface area contributed by atoms with Crippen LogP contribution in [0.2, 0.25) is 0 Å². The first-order valence-electron chi connectivity index (χ1n) is 11.2. The van der Waals surface area contributed by atoms with Gasteiger partial charge in [-0.05, 0) is 31.4 Å². The number of para-hydroxylation sites is 1. The number of aromatic nitrogens is 2. The van der Waals surface area contributed by atoms with Crippen LogP contribution in [-0.4, -0.2) is 60.5 Å². The van der Waals surface area contributed by atoms with Gasteiger partial charge in [0, 0.05) is 30.9 Å². The van der Waals surface area contributed by atoms with Gasteiger partial charge < -0.3 is 30.7 Å². The number of aldehydes is 1. The van der Waals surface area contributed by atoms with Crippen LogP contribution in [0, 0.1) is 0 Å². The molecule has 0 bridgehead atoms. The summed E-state index contributed by atoms with van der Waals surface area (Å²) in [5.41, 5.74) is 5.69. The highest BCUT2D eigenvalue weighted by Crippen LogP contribution is 2.25. The highest BCUT2D eigenvalue weighted by molar-refractivity contribution is 7.88. The first-order chi connectivity index (χ1) is 16.4. The van der Waals surface area contributed by atoms with Crippen molar-refractivity contribution in [1.82, 2.24) is 15.3 Å². The molecule has 1 aliphatic carbocycles. The number of rotatable bonds is 10. The monoisotopic (exact) mass is 488 g/mol. The lowest BCUT2D eigenvalue weighted by molar-refractivity contribution is -0.107. The molecule has 2 fully saturated rings. The summed E-state index contributed by atoms with van der Waals surface area (Å²) in [6, 6.07) is 7.39. The number of anilines is 2. The Morgan fingerprint density at radius 1 is 1.18 bits per heavy atom. The van der Waals surface area contributed by atoms with Crippen molar-refractivity contribution in [3.63, 3.8) is 0 Å². The zero-order valence-corrected chi connectivity index (χ0v) is 19.3. The number of carbonyl (C=O) groups excluding carboxylic acids is 2. The molecule has 0 spiro atoms. The molecule has 2 aromatic rings. The van der Waals surface area contributed by atoms with Crippen LogP contribution in [0.25, 0.3) is 0 Å². The van der Waals surface area contributed by atoms with Crippen LogP contribution in [0.15, 0.2) is 36.5 Å². The third-order valence-corrected chi connectivity index (χ3v) is 7.60. The van der Waals surface area contributed by atoms with Crippen LogP contribution in [0.3, 0.4) is 0 Å². The Balaban J connectivity index is 1.42. The third-order valence-electron chi connectivity index (χ3n) is 6.07. The molecule has 3 unspecified atom stereocenters. The summed E-state index contributed by atoms with van der Waals surface area (Å²) in [4.78, 5) is 32.1. The molecule has 12 heteroatoms. The Kier molecular flexibility index (Phi) is 7.27. The zero-order valence-electron chi connectivity index (χ0n) is 18.5. The minimum Gasteiger partial charge on any atom is -0.382 e. The predicted octanol–water partition coefficient (Wildman–Crippen LogP) is 1.05. The number of benzene rings is 1. The maximum atomic E-state index is 12.7. The van der Waals surface area contributed by atoms with Gasteiger partial charge in [-0.25, -0.2) is 4.98 Å². The molecule has 2 aliphatic rings. The highest BCUT2D eigenvalue weighted by Gasteiger charge is 2.40. The Morgan fingerprint density at radius 3 is 2.59 bits per heavy atom. The first-order valence-corrected chi connectivity index (χ1v) is 12.7. The van der Waals surface area contributed by atoms with Crippen LogP contribution in [-0.2, 0) is 14.9 Å². The van der Waals surface area contributed by atoms with Crippen molar-refractivity contribution in [2.75, 3.05) is 17.2 Å². The van der Waals surface area contributed by atoms with Gasteiger partial charge in [0.05, 0.1) is 5.56 Å². The van der Waals surface area contributed by atoms with E-state index < -0.39 is 27.3 Å². The second-order valence-electron chi connectivity index (χ2n) is 8.53. The number of carbonyl (C=O) groups is 2. The van der Waals surface area contributed by atoms with Crippen molar-refractivity contribution in [3.05, 3.63) is 42.1 Å². The molecule has 4 rings (SSSR count). The molecular weight excluding hydrogens is 460 g/mol. The number of hydrogen-bond donors (Lipinski definition) is 4. The smallest absolute Gasteiger partial charge is 0.320 e. The number of nitrogens with zero attached hydrogens (tertiary/aromatic N) is 2. The van der Waals surface area contributed by atoms with E-state index in [0.29, 0.717) is 25.1 Å². The number of primary amides is 1. The van der Waals surface area contributed by atoms with E-state index >= 15 is 0 Å². The van der Waals surface area contributed by atoms with E-state index in [2.05, 4.69) is 25.9 Å². The summed E-state index contributed by atoms with van der Waals surface area (Å²) in [5, 5.41) is 8.14. The van der Waals surface area contributed by atoms with Gasteiger partial charge in [0.25, 0.3) is 5.91 Å². The van der Waals surface area contributed by atoms with E-state index in [4.69, 9.17) is 9.92 Å². The largest absolute Gasteiger partial charge is 0.382 e. The summed E-state index contributed by atoms with van der Waals surface area (Å²) in [6.45, 7) is 0.391. The first kappa shape index (κ1) is 23.9. The fraction of sp³-hybridized carbons (Fsp3) is 0.455. The van der Waals surface area contributed by atoms with Crippen LogP contribution in [0.4, 0.5) is 11.8 Å². The fourth-order valence-corrected chi connectivity index (χ4v) is 5.58. The standard InChI is InChI=1S/C22H28N6O5S/c23-20(30)17-12-25-22(28-21(17)26-14-6-4-5-7-14)27-15-10-18(24-11-15)19(13-29)34(31,32)33-16-8-2-1-3-9-16/h1-3,8-9,12-15,18-19,24H,4-7,10-11H2,(H2,23,30)(H2,25,26,27,28). The lowest BCUT2D eigenvalue weighted by atomic mass is 10.1. The normalized spacial score (nSPS) is 21.6. The van der Waals surface area contributed by atoms with Gasteiger partial charge in [-0.2, -0.15) is 13.4 Å². The average Bonchev–Trinajstić information content (AvgIpc) is 3.47. The Labute approximate surface area is 198 Å². The van der Waals surface area contributed by atoms with Crippen molar-refractivity contribution in [3.8, 4) is 5.75 Å². The van der Waals surface area contributed by atoms with E-state index in [9.17, 15) is 18.0 Å². The molecule has 34 heavy (non-hydrogen) atoms. The maximum absolute atomic E-state index is 12.7. The van der Waals surface area contributed by atoms with Gasteiger partial charge in [0.2, 0.25) is 5.95 Å². The minimum absolute atomic E-state index is 0.146. The molecular formula is C22H28N6O5S. The number of hydrogen-bond acceptors (Lipinski definition) is 10. The topological polar surface area (TPSA) is 165 Å². The molecule has 5 N–H and O–H groups in total. The molecule has 1 aromatic carbocycles. The van der Waals surface area contributed by atoms with Gasteiger partial charge in [-0.15, -0.1) is 0 Å². The Hall–Kier alpha value is -3.25. The summed E-state index contributed by atoms with van der Waals surface area (Å²) in [5.74, 6) is 0.187. The quantitative estimate of drug-likeness (QED) is 0.280. The molecule has 1 saturated carbocycles. The van der Waals surface area contributed by atoms with Crippen molar-refractivity contribution in [1.29, 1.82) is 0 Å². The Bertz CT molecular complexity index is 1120. The number of amides is 1. The zero-order chi connectivity index (χ0) is 24.1. The van der Waals surface area contributed by atoms with Gasteiger partial charge in [-0.3, -0.25) is 4.79 Å². The summed E-state index contributed by atoms with van der Waals surface area (Å²) >= 11 is 0. The molecule has 3 atom stereocenters. The SMILES string of the molecule is NC(=O)c1cnc(NC2CNC(C(C=O)S(=O)(=O)Oc3ccccc3)C2)nc1NC1CCCC1. The van der Waals surface area contributed by atoms with Crippen LogP contribution in [0.1, 0.15) is 42.5 Å². The third kappa shape index (κ3) is 5.62. The van der Waals surface area contributed by atoms with Crippen molar-refractivity contribution >= 4 is 34.1 Å². The summed E-state index contributed by atoms with van der Waals surface area (Å²) in [7, 11) is -4.19. The van der Waals surface area contributed by atoms with Gasteiger partial charge >= 0.3 is 10.1 Å². The van der Waals surface area contributed by atoms with Gasteiger partial charge in [0.15, 0.2) is 5.25 Å². The molecule has 1 aliphatic heterocycles. The van der Waals surface area contributed by atoms with Gasteiger partial charge in [-0.1, -0.05) is 31.0 Å². The lowest BCUT2D eigenvalue weighted by Gasteiger charge is -2.19. The van der Waals surface area contributed by atoms with Crippen molar-refractivity contribution < 1.29 is 22.2 Å². The number of nitrogens with one attached hydrogen (secondary N) is 3. The number of nitrogens with two attached hydrogens (primary N) is 1. The summed E-state index contributed by atoms with van der Waals surface area (Å²) in [6.07, 6.45) is 6.30. The molecule has 182 valence electrons. The molecule has 1 aromatic heterocycles. The van der Waals surface area contributed by atoms with Crippen LogP contribution >= 0.6 is 0 Å². The predicted molar refractivity (Wildman–Crippen MR) is 126 cm³/mol. The highest BCUT2D eigenvalue weighted by atomic mass is 32.2. The summed E-state index contributed by atoms with van der Waals surface area (Å²) < 4.78 is 30.5. The molecule has 2 heterocycles. The molecule has 11 nitrogen and oxygen atoms in total. The van der Waals surface area contributed by atoms with E-state index in [1.54, 1.807) is 18.2 Å². The van der Waals surface area contributed by atoms with E-state index in [-0.39, 0.29) is 29.3 Å². The average molecular weight is 489 g/mol. The lowest BCUT2D eigenvalue weighted by Crippen LogP contribution is -2.43.